The van der Waals surface area contributed by atoms with Crippen LogP contribution in [0.3, 0.4) is 0 Å². The first-order chi connectivity index (χ1) is 13.0. The zero-order chi connectivity index (χ0) is 19.0. The molecule has 0 spiro atoms. The first-order valence-electron chi connectivity index (χ1n) is 8.86. The van der Waals surface area contributed by atoms with Crippen molar-refractivity contribution in [3.8, 4) is 0 Å². The van der Waals surface area contributed by atoms with Crippen molar-refractivity contribution in [3.63, 3.8) is 0 Å². The fourth-order valence-corrected chi connectivity index (χ4v) is 4.14. The monoisotopic (exact) mass is 380 g/mol. The van der Waals surface area contributed by atoms with Crippen LogP contribution in [0.4, 0.5) is 11.4 Å². The molecule has 0 atom stereocenters. The molecule has 2 aromatic heterocycles. The number of aromatic nitrogens is 2. The third-order valence-electron chi connectivity index (χ3n) is 4.58. The number of benzene rings is 1. The molecule has 1 saturated heterocycles. The number of carbonyl (C=O) groups is 2. The van der Waals surface area contributed by atoms with Crippen molar-refractivity contribution < 1.29 is 9.59 Å². The SMILES string of the molecule is Cc1cn2c(/C=C/C(=O)Nc3ccc(N4CCCC4=O)cc3)c(C)nc2s1. The van der Waals surface area contributed by atoms with E-state index >= 15 is 0 Å². The van der Waals surface area contributed by atoms with Crippen molar-refractivity contribution in [3.05, 3.63) is 52.8 Å². The summed E-state index contributed by atoms with van der Waals surface area (Å²) in [4.78, 5) is 32.5. The van der Waals surface area contributed by atoms with Crippen LogP contribution in [-0.2, 0) is 9.59 Å². The predicted molar refractivity (Wildman–Crippen MR) is 108 cm³/mol. The van der Waals surface area contributed by atoms with Crippen LogP contribution in [0.5, 0.6) is 0 Å². The average Bonchev–Trinajstić information content (AvgIpc) is 3.28. The van der Waals surface area contributed by atoms with Crippen LogP contribution in [0.1, 0.15) is 29.1 Å². The zero-order valence-corrected chi connectivity index (χ0v) is 16.0. The van der Waals surface area contributed by atoms with Crippen molar-refractivity contribution in [2.75, 3.05) is 16.8 Å². The fraction of sp³-hybridized carbons (Fsp3) is 0.250. The van der Waals surface area contributed by atoms with Gasteiger partial charge < -0.3 is 10.2 Å². The van der Waals surface area contributed by atoms with Crippen LogP contribution in [0, 0.1) is 13.8 Å². The minimum atomic E-state index is -0.207. The Bertz CT molecular complexity index is 1050. The molecule has 3 aromatic rings. The molecule has 27 heavy (non-hydrogen) atoms. The van der Waals surface area contributed by atoms with Gasteiger partial charge in [-0.1, -0.05) is 0 Å². The number of nitrogens with one attached hydrogen (secondary N) is 1. The second-order valence-corrected chi connectivity index (χ2v) is 7.81. The number of aryl methyl sites for hydroxylation is 2. The minimum absolute atomic E-state index is 0.154. The lowest BCUT2D eigenvalue weighted by atomic mass is 10.2. The van der Waals surface area contributed by atoms with Gasteiger partial charge in [-0.15, -0.1) is 11.3 Å². The highest BCUT2D eigenvalue weighted by Gasteiger charge is 2.21. The number of thiazole rings is 1. The summed E-state index contributed by atoms with van der Waals surface area (Å²) in [6.45, 7) is 4.73. The van der Waals surface area contributed by atoms with E-state index in [1.165, 1.54) is 11.0 Å². The van der Waals surface area contributed by atoms with Crippen molar-refractivity contribution in [2.45, 2.75) is 26.7 Å². The lowest BCUT2D eigenvalue weighted by Crippen LogP contribution is -2.23. The molecule has 2 amide bonds. The topological polar surface area (TPSA) is 66.7 Å². The molecule has 7 heteroatoms. The Balaban J connectivity index is 1.45. The Morgan fingerprint density at radius 2 is 2.04 bits per heavy atom. The van der Waals surface area contributed by atoms with Gasteiger partial charge in [0.15, 0.2) is 4.96 Å². The number of anilines is 2. The molecule has 1 aliphatic heterocycles. The van der Waals surface area contributed by atoms with Gasteiger partial charge in [-0.25, -0.2) is 4.98 Å². The molecule has 0 unspecified atom stereocenters. The molecule has 0 saturated carbocycles. The number of rotatable bonds is 4. The summed E-state index contributed by atoms with van der Waals surface area (Å²) >= 11 is 1.63. The smallest absolute Gasteiger partial charge is 0.248 e. The Morgan fingerprint density at radius 1 is 1.26 bits per heavy atom. The summed E-state index contributed by atoms with van der Waals surface area (Å²) in [6.07, 6.45) is 6.83. The van der Waals surface area contributed by atoms with Crippen LogP contribution in [0.15, 0.2) is 36.5 Å². The summed E-state index contributed by atoms with van der Waals surface area (Å²) in [5, 5.41) is 2.85. The molecule has 0 aliphatic carbocycles. The molecule has 0 bridgehead atoms. The van der Waals surface area contributed by atoms with Gasteiger partial charge in [0.25, 0.3) is 0 Å². The standard InChI is InChI=1S/C20H20N4O2S/c1-13-12-24-17(14(2)21-20(24)27-13)9-10-18(25)22-15-5-7-16(8-6-15)23-11-3-4-19(23)26/h5-10,12H,3-4,11H2,1-2H3,(H,22,25)/b10-9+. The molecule has 0 radical (unpaired) electrons. The highest BCUT2D eigenvalue weighted by atomic mass is 32.1. The van der Waals surface area contributed by atoms with Gasteiger partial charge >= 0.3 is 0 Å². The van der Waals surface area contributed by atoms with E-state index in [0.29, 0.717) is 12.1 Å². The fourth-order valence-electron chi connectivity index (χ4n) is 3.27. The number of nitrogens with zero attached hydrogens (tertiary/aromatic N) is 3. The minimum Gasteiger partial charge on any atom is -0.323 e. The second-order valence-electron chi connectivity index (χ2n) is 6.60. The van der Waals surface area contributed by atoms with E-state index in [0.717, 1.165) is 35.0 Å². The number of hydrogen-bond donors (Lipinski definition) is 1. The van der Waals surface area contributed by atoms with Crippen LogP contribution in [0.25, 0.3) is 11.0 Å². The van der Waals surface area contributed by atoms with Crippen LogP contribution < -0.4 is 10.2 Å². The van der Waals surface area contributed by atoms with E-state index in [9.17, 15) is 9.59 Å². The number of fused-ring (bicyclic) bond motifs is 1. The highest BCUT2D eigenvalue weighted by Crippen LogP contribution is 2.24. The third-order valence-corrected chi connectivity index (χ3v) is 5.47. The lowest BCUT2D eigenvalue weighted by Gasteiger charge is -2.15. The van der Waals surface area contributed by atoms with E-state index in [2.05, 4.69) is 10.3 Å². The number of carbonyl (C=O) groups excluding carboxylic acids is 2. The molecular formula is C20H20N4O2S. The summed E-state index contributed by atoms with van der Waals surface area (Å²) in [7, 11) is 0. The Labute approximate surface area is 161 Å². The van der Waals surface area contributed by atoms with E-state index in [1.807, 2.05) is 48.7 Å². The molecule has 138 valence electrons. The van der Waals surface area contributed by atoms with Crippen molar-refractivity contribution >= 4 is 45.6 Å². The van der Waals surface area contributed by atoms with Crippen LogP contribution >= 0.6 is 11.3 Å². The molecule has 1 aliphatic rings. The van der Waals surface area contributed by atoms with Gasteiger partial charge in [-0.2, -0.15) is 0 Å². The van der Waals surface area contributed by atoms with E-state index in [1.54, 1.807) is 22.3 Å². The number of amides is 2. The predicted octanol–water partition coefficient (Wildman–Crippen LogP) is 3.79. The summed E-state index contributed by atoms with van der Waals surface area (Å²) < 4.78 is 2.00. The summed E-state index contributed by atoms with van der Waals surface area (Å²) in [5.74, 6) is -0.0535. The van der Waals surface area contributed by atoms with Crippen molar-refractivity contribution in [2.24, 2.45) is 0 Å². The molecule has 4 rings (SSSR count). The second kappa shape index (κ2) is 7.00. The molecule has 6 nitrogen and oxygen atoms in total. The van der Waals surface area contributed by atoms with Crippen LogP contribution in [-0.4, -0.2) is 27.7 Å². The van der Waals surface area contributed by atoms with E-state index in [4.69, 9.17) is 0 Å². The first-order valence-corrected chi connectivity index (χ1v) is 9.67. The zero-order valence-electron chi connectivity index (χ0n) is 15.2. The number of imidazole rings is 1. The van der Waals surface area contributed by atoms with Crippen molar-refractivity contribution in [1.82, 2.24) is 9.38 Å². The van der Waals surface area contributed by atoms with Crippen molar-refractivity contribution in [1.29, 1.82) is 0 Å². The maximum atomic E-state index is 12.3. The van der Waals surface area contributed by atoms with Gasteiger partial charge in [-0.3, -0.25) is 14.0 Å². The first kappa shape index (κ1) is 17.5. The molecule has 3 heterocycles. The van der Waals surface area contributed by atoms with Gasteiger partial charge in [-0.05, 0) is 50.6 Å². The van der Waals surface area contributed by atoms with Gasteiger partial charge in [0, 0.05) is 41.5 Å². The van der Waals surface area contributed by atoms with Gasteiger partial charge in [0.05, 0.1) is 11.4 Å². The molecule has 1 fully saturated rings. The normalized spacial score (nSPS) is 14.6. The summed E-state index contributed by atoms with van der Waals surface area (Å²) in [5.41, 5.74) is 3.37. The highest BCUT2D eigenvalue weighted by molar-refractivity contribution is 7.17. The maximum Gasteiger partial charge on any atom is 0.248 e. The van der Waals surface area contributed by atoms with Gasteiger partial charge in [0.1, 0.15) is 0 Å². The summed E-state index contributed by atoms with van der Waals surface area (Å²) in [6, 6.07) is 7.36. The molecule has 1 aromatic carbocycles. The average molecular weight is 380 g/mol. The van der Waals surface area contributed by atoms with Crippen LogP contribution in [0.2, 0.25) is 0 Å². The number of hydrogen-bond acceptors (Lipinski definition) is 4. The Hall–Kier alpha value is -2.93. The molecular weight excluding hydrogens is 360 g/mol. The van der Waals surface area contributed by atoms with Gasteiger partial charge in [0.2, 0.25) is 11.8 Å². The Kier molecular flexibility index (Phi) is 4.53. The molecule has 1 N–H and O–H groups in total. The quantitative estimate of drug-likeness (QED) is 0.700. The Morgan fingerprint density at radius 3 is 2.74 bits per heavy atom. The third kappa shape index (κ3) is 3.50. The largest absolute Gasteiger partial charge is 0.323 e. The van der Waals surface area contributed by atoms with E-state index < -0.39 is 0 Å². The maximum absolute atomic E-state index is 12.3. The van der Waals surface area contributed by atoms with E-state index in [-0.39, 0.29) is 11.8 Å². The lowest BCUT2D eigenvalue weighted by molar-refractivity contribution is -0.117.